The highest BCUT2D eigenvalue weighted by Crippen LogP contribution is 2.38. The Hall–Kier alpha value is -0.740. The fourth-order valence-corrected chi connectivity index (χ4v) is 2.81. The van der Waals surface area contributed by atoms with Gasteiger partial charge in [-0.25, -0.2) is 0 Å². The lowest BCUT2D eigenvalue weighted by Gasteiger charge is -2.19. The predicted molar refractivity (Wildman–Crippen MR) is 76.5 cm³/mol. The SMILES string of the molecule is CCCC(NC)c1cc2c(cc1Br)OCCCO2. The Morgan fingerprint density at radius 3 is 2.56 bits per heavy atom. The number of hydrogen-bond acceptors (Lipinski definition) is 3. The van der Waals surface area contributed by atoms with Gasteiger partial charge in [0.2, 0.25) is 0 Å². The van der Waals surface area contributed by atoms with Crippen LogP contribution in [0.4, 0.5) is 0 Å². The second-order valence-electron chi connectivity index (χ2n) is 4.50. The van der Waals surface area contributed by atoms with Crippen molar-refractivity contribution in [2.24, 2.45) is 0 Å². The molecule has 0 aromatic heterocycles. The summed E-state index contributed by atoms with van der Waals surface area (Å²) in [4.78, 5) is 0. The topological polar surface area (TPSA) is 30.5 Å². The van der Waals surface area contributed by atoms with Crippen LogP contribution in [-0.2, 0) is 0 Å². The van der Waals surface area contributed by atoms with Crippen molar-refractivity contribution in [3.63, 3.8) is 0 Å². The summed E-state index contributed by atoms with van der Waals surface area (Å²) >= 11 is 3.64. The lowest BCUT2D eigenvalue weighted by atomic mass is 10.0. The largest absolute Gasteiger partial charge is 0.490 e. The van der Waals surface area contributed by atoms with Crippen molar-refractivity contribution in [2.45, 2.75) is 32.2 Å². The van der Waals surface area contributed by atoms with Gasteiger partial charge in [-0.05, 0) is 31.2 Å². The first kappa shape index (κ1) is 13.7. The molecule has 0 spiro atoms. The van der Waals surface area contributed by atoms with Crippen LogP contribution in [-0.4, -0.2) is 20.3 Å². The van der Waals surface area contributed by atoms with Gasteiger partial charge in [-0.1, -0.05) is 29.3 Å². The molecule has 1 heterocycles. The summed E-state index contributed by atoms with van der Waals surface area (Å²) in [6.07, 6.45) is 3.19. The molecule has 0 aliphatic carbocycles. The summed E-state index contributed by atoms with van der Waals surface area (Å²) in [6, 6.07) is 4.47. The average molecular weight is 314 g/mol. The normalized spacial score (nSPS) is 16.2. The maximum atomic E-state index is 5.74. The van der Waals surface area contributed by atoms with Gasteiger partial charge in [-0.15, -0.1) is 0 Å². The van der Waals surface area contributed by atoms with Gasteiger partial charge in [-0.2, -0.15) is 0 Å². The molecule has 100 valence electrons. The van der Waals surface area contributed by atoms with E-state index in [9.17, 15) is 0 Å². The molecule has 1 aromatic carbocycles. The number of halogens is 1. The van der Waals surface area contributed by atoms with E-state index in [1.54, 1.807) is 0 Å². The van der Waals surface area contributed by atoms with Gasteiger partial charge >= 0.3 is 0 Å². The molecule has 0 amide bonds. The molecule has 1 aromatic rings. The minimum absolute atomic E-state index is 0.349. The molecule has 2 rings (SSSR count). The lowest BCUT2D eigenvalue weighted by Crippen LogP contribution is -2.16. The summed E-state index contributed by atoms with van der Waals surface area (Å²) in [5.41, 5.74) is 1.24. The monoisotopic (exact) mass is 313 g/mol. The van der Waals surface area contributed by atoms with E-state index in [0.29, 0.717) is 6.04 Å². The summed E-state index contributed by atoms with van der Waals surface area (Å²) in [5, 5.41) is 3.36. The van der Waals surface area contributed by atoms with Crippen LogP contribution >= 0.6 is 15.9 Å². The number of hydrogen-bond donors (Lipinski definition) is 1. The smallest absolute Gasteiger partial charge is 0.162 e. The Bertz CT molecular complexity index is 409. The predicted octanol–water partition coefficient (Wildman–Crippen LogP) is 3.67. The lowest BCUT2D eigenvalue weighted by molar-refractivity contribution is 0.297. The zero-order valence-corrected chi connectivity index (χ0v) is 12.5. The molecule has 1 aliphatic rings. The number of ether oxygens (including phenoxy) is 2. The van der Waals surface area contributed by atoms with Crippen molar-refractivity contribution in [2.75, 3.05) is 20.3 Å². The number of nitrogens with one attached hydrogen (secondary N) is 1. The molecular formula is C14H20BrNO2. The van der Waals surface area contributed by atoms with Gasteiger partial charge < -0.3 is 14.8 Å². The minimum atomic E-state index is 0.349. The number of fused-ring (bicyclic) bond motifs is 1. The maximum Gasteiger partial charge on any atom is 0.162 e. The van der Waals surface area contributed by atoms with Crippen LogP contribution < -0.4 is 14.8 Å². The van der Waals surface area contributed by atoms with Gasteiger partial charge in [0.25, 0.3) is 0 Å². The van der Waals surface area contributed by atoms with E-state index in [0.717, 1.165) is 48.4 Å². The van der Waals surface area contributed by atoms with Crippen molar-refractivity contribution in [1.82, 2.24) is 5.32 Å². The Morgan fingerprint density at radius 2 is 1.94 bits per heavy atom. The van der Waals surface area contributed by atoms with E-state index in [2.05, 4.69) is 34.2 Å². The second-order valence-corrected chi connectivity index (χ2v) is 5.36. The van der Waals surface area contributed by atoms with Gasteiger partial charge in [0.05, 0.1) is 13.2 Å². The first-order valence-corrected chi connectivity index (χ1v) is 7.31. The Balaban J connectivity index is 2.33. The maximum absolute atomic E-state index is 5.74. The molecule has 18 heavy (non-hydrogen) atoms. The van der Waals surface area contributed by atoms with Gasteiger partial charge in [0.15, 0.2) is 11.5 Å². The van der Waals surface area contributed by atoms with Gasteiger partial charge in [-0.3, -0.25) is 0 Å². The summed E-state index contributed by atoms with van der Waals surface area (Å²) in [5.74, 6) is 1.71. The van der Waals surface area contributed by atoms with E-state index in [-0.39, 0.29) is 0 Å². The molecule has 0 saturated carbocycles. The van der Waals surface area contributed by atoms with Crippen LogP contribution in [0.3, 0.4) is 0 Å². The molecule has 1 N–H and O–H groups in total. The van der Waals surface area contributed by atoms with E-state index in [1.807, 2.05) is 13.1 Å². The molecule has 0 fully saturated rings. The van der Waals surface area contributed by atoms with Crippen LogP contribution in [0.15, 0.2) is 16.6 Å². The van der Waals surface area contributed by atoms with E-state index in [4.69, 9.17) is 9.47 Å². The molecular weight excluding hydrogens is 294 g/mol. The van der Waals surface area contributed by atoms with Crippen molar-refractivity contribution in [3.8, 4) is 11.5 Å². The number of benzene rings is 1. The highest BCUT2D eigenvalue weighted by Gasteiger charge is 2.18. The van der Waals surface area contributed by atoms with Crippen molar-refractivity contribution in [1.29, 1.82) is 0 Å². The number of rotatable bonds is 4. The van der Waals surface area contributed by atoms with Crippen LogP contribution in [0.25, 0.3) is 0 Å². The zero-order chi connectivity index (χ0) is 13.0. The Kier molecular flexibility index (Phi) is 4.89. The van der Waals surface area contributed by atoms with E-state index >= 15 is 0 Å². The zero-order valence-electron chi connectivity index (χ0n) is 11.0. The first-order chi connectivity index (χ1) is 8.76. The quantitative estimate of drug-likeness (QED) is 0.920. The van der Waals surface area contributed by atoms with Gasteiger partial charge in [0, 0.05) is 16.9 Å². The highest BCUT2D eigenvalue weighted by molar-refractivity contribution is 9.10. The molecule has 4 heteroatoms. The fourth-order valence-electron chi connectivity index (χ4n) is 2.21. The molecule has 0 radical (unpaired) electrons. The molecule has 1 unspecified atom stereocenters. The highest BCUT2D eigenvalue weighted by atomic mass is 79.9. The average Bonchev–Trinajstić information content (AvgIpc) is 2.60. The third kappa shape index (κ3) is 2.98. The summed E-state index contributed by atoms with van der Waals surface area (Å²) in [7, 11) is 2.00. The van der Waals surface area contributed by atoms with Crippen molar-refractivity contribution >= 4 is 15.9 Å². The molecule has 1 aliphatic heterocycles. The Morgan fingerprint density at radius 1 is 1.28 bits per heavy atom. The van der Waals surface area contributed by atoms with E-state index in [1.165, 1.54) is 5.56 Å². The minimum Gasteiger partial charge on any atom is -0.490 e. The standard InChI is InChI=1S/C14H20BrNO2/c1-3-5-12(16-2)10-8-13-14(9-11(10)15)18-7-4-6-17-13/h8-9,12,16H,3-7H2,1-2H3. The summed E-state index contributed by atoms with van der Waals surface area (Å²) in [6.45, 7) is 3.65. The van der Waals surface area contributed by atoms with Crippen LogP contribution in [0, 0.1) is 0 Å². The molecule has 1 atom stereocenters. The van der Waals surface area contributed by atoms with Crippen molar-refractivity contribution < 1.29 is 9.47 Å². The van der Waals surface area contributed by atoms with Crippen molar-refractivity contribution in [3.05, 3.63) is 22.2 Å². The van der Waals surface area contributed by atoms with Crippen LogP contribution in [0.1, 0.15) is 37.8 Å². The van der Waals surface area contributed by atoms with Crippen LogP contribution in [0.2, 0.25) is 0 Å². The summed E-state index contributed by atoms with van der Waals surface area (Å²) < 4.78 is 12.5. The second kappa shape index (κ2) is 6.43. The molecule has 0 bridgehead atoms. The molecule has 0 saturated heterocycles. The fraction of sp³-hybridized carbons (Fsp3) is 0.571. The van der Waals surface area contributed by atoms with Gasteiger partial charge in [0.1, 0.15) is 0 Å². The van der Waals surface area contributed by atoms with E-state index < -0.39 is 0 Å². The first-order valence-electron chi connectivity index (χ1n) is 6.52. The molecule has 3 nitrogen and oxygen atoms in total. The third-order valence-electron chi connectivity index (χ3n) is 3.17. The Labute approximate surface area is 117 Å². The third-order valence-corrected chi connectivity index (χ3v) is 3.85. The van der Waals surface area contributed by atoms with Crippen LogP contribution in [0.5, 0.6) is 11.5 Å².